The molecule has 11 nitrogen and oxygen atoms in total. The third-order valence-corrected chi connectivity index (χ3v) is 6.59. The van der Waals surface area contributed by atoms with E-state index in [1.807, 2.05) is 36.1 Å². The van der Waals surface area contributed by atoms with Crippen LogP contribution in [0.5, 0.6) is 0 Å². The fraction of sp³-hybridized carbons (Fsp3) is 0.217. The molecule has 0 radical (unpaired) electrons. The molecule has 3 rings (SSSR count). The summed E-state index contributed by atoms with van der Waals surface area (Å²) in [6.07, 6.45) is 5.05. The number of benzene rings is 1. The van der Waals surface area contributed by atoms with Crippen molar-refractivity contribution in [2.24, 2.45) is 40.2 Å². The molecule has 0 aliphatic heterocycles. The van der Waals surface area contributed by atoms with Crippen molar-refractivity contribution < 1.29 is 27.4 Å². The summed E-state index contributed by atoms with van der Waals surface area (Å²) in [7, 11) is -2.69. The maximum Gasteiger partial charge on any atom is 0.308 e. The number of aliphatic carboxylic acids is 1. The van der Waals surface area contributed by atoms with Crippen LogP contribution in [0.1, 0.15) is 18.4 Å². The molecule has 8 N–H and O–H groups in total. The predicted octanol–water partition coefficient (Wildman–Crippen LogP) is 0.427. The molecule has 1 aromatic carbocycles. The zero-order valence-electron chi connectivity index (χ0n) is 18.8. The number of carboxylic acids is 1. The van der Waals surface area contributed by atoms with Gasteiger partial charge in [-0.05, 0) is 41.7 Å². The van der Waals surface area contributed by atoms with Gasteiger partial charge in [0.15, 0.2) is 18.4 Å². The van der Waals surface area contributed by atoms with Crippen LogP contribution in [-0.4, -0.2) is 41.2 Å². The zero-order valence-corrected chi connectivity index (χ0v) is 19.6. The van der Waals surface area contributed by atoms with Crippen LogP contribution in [0, 0.1) is 17.8 Å². The molecule has 0 saturated carbocycles. The quantitative estimate of drug-likeness (QED) is 0.132. The average molecular weight is 498 g/mol. The zero-order chi connectivity index (χ0) is 25.8. The average Bonchev–Trinajstić information content (AvgIpc) is 2.77. The van der Waals surface area contributed by atoms with Crippen LogP contribution >= 0.6 is 0 Å². The molecule has 0 unspecified atom stereocenters. The monoisotopic (exact) mass is 497 g/mol. The topological polar surface area (TPSA) is 198 Å². The summed E-state index contributed by atoms with van der Waals surface area (Å²) in [5, 5.41) is 7.84. The number of rotatable bonds is 4. The second kappa shape index (κ2) is 10.4. The van der Waals surface area contributed by atoms with Gasteiger partial charge in [-0.15, -0.1) is 0 Å². The molecular weight excluding hydrogens is 472 g/mol. The Kier molecular flexibility index (Phi) is 7.53. The van der Waals surface area contributed by atoms with Gasteiger partial charge < -0.3 is 22.3 Å². The van der Waals surface area contributed by atoms with Crippen LogP contribution < -0.4 is 21.8 Å². The Morgan fingerprint density at radius 3 is 2.43 bits per heavy atom. The van der Waals surface area contributed by atoms with Crippen molar-refractivity contribution in [2.75, 3.05) is 0 Å². The second-order valence-electron chi connectivity index (χ2n) is 7.91. The van der Waals surface area contributed by atoms with E-state index in [-0.39, 0.29) is 24.8 Å². The van der Waals surface area contributed by atoms with Gasteiger partial charge in [0, 0.05) is 17.7 Å². The molecule has 1 aliphatic rings. The Bertz CT molecular complexity index is 1400. The molecule has 0 spiro atoms. The smallest absolute Gasteiger partial charge is 0.308 e. The van der Waals surface area contributed by atoms with Crippen LogP contribution in [0.25, 0.3) is 11.1 Å². The van der Waals surface area contributed by atoms with E-state index in [4.69, 9.17) is 17.2 Å². The lowest BCUT2D eigenvalue weighted by molar-refractivity contribution is -0.671. The van der Waals surface area contributed by atoms with Crippen LogP contribution in [0.3, 0.4) is 0 Å². The van der Waals surface area contributed by atoms with Gasteiger partial charge in [-0.2, -0.15) is 13.4 Å². The van der Waals surface area contributed by atoms with Gasteiger partial charge >= 0.3 is 5.97 Å². The van der Waals surface area contributed by atoms with Crippen LogP contribution in [0.4, 0.5) is 5.69 Å². The highest BCUT2D eigenvalue weighted by molar-refractivity contribution is 7.86. The first kappa shape index (κ1) is 25.4. The number of allylic oxidation sites excluding steroid dienone is 2. The van der Waals surface area contributed by atoms with Gasteiger partial charge in [-0.3, -0.25) is 9.35 Å². The molecule has 0 bridgehead atoms. The minimum absolute atomic E-state index is 0.0643. The van der Waals surface area contributed by atoms with E-state index in [1.54, 1.807) is 24.3 Å². The number of hydrogen-bond acceptors (Lipinski definition) is 4. The number of nitrogens with two attached hydrogens (primary N) is 3. The lowest BCUT2D eigenvalue weighted by Crippen LogP contribution is -2.36. The van der Waals surface area contributed by atoms with E-state index in [2.05, 4.69) is 21.8 Å². The summed E-state index contributed by atoms with van der Waals surface area (Å²) in [4.78, 5) is 19.3. The summed E-state index contributed by atoms with van der Waals surface area (Å²) in [5.41, 5.74) is 19.4. The first-order valence-electron chi connectivity index (χ1n) is 10.4. The van der Waals surface area contributed by atoms with Gasteiger partial charge in [0.1, 0.15) is 12.3 Å². The van der Waals surface area contributed by atoms with Crippen molar-refractivity contribution in [1.82, 2.24) is 0 Å². The predicted molar refractivity (Wildman–Crippen MR) is 131 cm³/mol. The summed E-state index contributed by atoms with van der Waals surface area (Å²) in [5.74, 6) is 3.03. The van der Waals surface area contributed by atoms with E-state index in [0.717, 1.165) is 11.1 Å². The first-order chi connectivity index (χ1) is 16.4. The molecule has 1 aromatic heterocycles. The van der Waals surface area contributed by atoms with E-state index in [9.17, 15) is 22.9 Å². The number of pyridine rings is 1. The largest absolute Gasteiger partial charge is 0.481 e. The van der Waals surface area contributed by atoms with Crippen molar-refractivity contribution >= 4 is 33.7 Å². The van der Waals surface area contributed by atoms with Crippen molar-refractivity contribution in [3.8, 4) is 23.0 Å². The molecule has 0 fully saturated rings. The number of guanidine groups is 2. The number of carbonyl (C=O) groups is 1. The Hall–Kier alpha value is -4.21. The summed E-state index contributed by atoms with van der Waals surface area (Å²) in [6.45, 7) is 0. The molecule has 0 saturated heterocycles. The second-order valence-corrected chi connectivity index (χ2v) is 9.54. The maximum absolute atomic E-state index is 11.8. The fourth-order valence-electron chi connectivity index (χ4n) is 3.61. The van der Waals surface area contributed by atoms with Gasteiger partial charge in [0.2, 0.25) is 5.96 Å². The molecule has 2 aromatic rings. The first-order valence-corrected chi connectivity index (χ1v) is 11.9. The highest BCUT2D eigenvalue weighted by atomic mass is 32.2. The Labute approximate surface area is 202 Å². The van der Waals surface area contributed by atoms with Gasteiger partial charge in [-0.1, -0.05) is 24.0 Å². The lowest BCUT2D eigenvalue weighted by atomic mass is 9.89. The molecule has 182 valence electrons. The molecule has 1 heterocycles. The number of aromatic nitrogens is 1. The Morgan fingerprint density at radius 2 is 1.83 bits per heavy atom. The highest BCUT2D eigenvalue weighted by Crippen LogP contribution is 2.30. The number of aliphatic imine (C=N–C) groups is 2. The van der Waals surface area contributed by atoms with E-state index < -0.39 is 27.3 Å². The normalized spacial score (nSPS) is 18.1. The molecular formula is C23H25N6O5S+. The van der Waals surface area contributed by atoms with Crippen LogP contribution in [-0.2, 0) is 22.0 Å². The van der Waals surface area contributed by atoms with Crippen molar-refractivity contribution in [3.05, 3.63) is 59.9 Å². The maximum atomic E-state index is 11.8. The van der Waals surface area contributed by atoms with Crippen LogP contribution in [0.2, 0.25) is 0 Å². The Morgan fingerprint density at radius 1 is 1.14 bits per heavy atom. The molecule has 2 atom stereocenters. The van der Waals surface area contributed by atoms with E-state index in [1.165, 1.54) is 0 Å². The standard InChI is InChI=1S/C23H24N6O5S/c1-29-10-8-15(9-11-29)18-7-5-17(27-23(26)28-22(24)25)13-16(18)4-2-14-3-6-19(21(30)31)20(12-14)35(32,33)34/h3,5,7-11,13,19-20H,6,12H2,1H3,(H7,24,25,26,28,30,31,32,33,34)/p+1/t19-,20+/m0/s1. The minimum atomic E-state index is -4.58. The summed E-state index contributed by atoms with van der Waals surface area (Å²) >= 11 is 0. The van der Waals surface area contributed by atoms with Crippen molar-refractivity contribution in [2.45, 2.75) is 18.1 Å². The minimum Gasteiger partial charge on any atom is -0.481 e. The van der Waals surface area contributed by atoms with Crippen LogP contribution in [0.15, 0.2) is 64.4 Å². The molecule has 0 amide bonds. The van der Waals surface area contributed by atoms with E-state index in [0.29, 0.717) is 16.8 Å². The molecule has 35 heavy (non-hydrogen) atoms. The van der Waals surface area contributed by atoms with Gasteiger partial charge in [0.25, 0.3) is 10.1 Å². The number of carboxylic acid groups (broad SMARTS) is 1. The Balaban J connectivity index is 2.06. The molecule has 1 aliphatic carbocycles. The highest BCUT2D eigenvalue weighted by Gasteiger charge is 2.39. The summed E-state index contributed by atoms with van der Waals surface area (Å²) in [6, 6.07) is 9.01. The SMILES string of the molecule is C[n+]1ccc(-c2ccc(N=C(N)N=C(N)N)cc2C#CC2=CC[C@H](C(=O)O)[C@H](S(=O)(=O)O)C2)cc1. The number of hydrogen-bond donors (Lipinski definition) is 5. The number of nitrogens with zero attached hydrogens (tertiary/aromatic N) is 3. The molecule has 12 heteroatoms. The third-order valence-electron chi connectivity index (χ3n) is 5.33. The third kappa shape index (κ3) is 6.66. The van der Waals surface area contributed by atoms with Crippen molar-refractivity contribution in [1.29, 1.82) is 0 Å². The van der Waals surface area contributed by atoms with Gasteiger partial charge in [0.05, 0.1) is 11.6 Å². The van der Waals surface area contributed by atoms with Gasteiger partial charge in [-0.25, -0.2) is 9.56 Å². The lowest BCUT2D eigenvalue weighted by Gasteiger charge is -2.24. The summed E-state index contributed by atoms with van der Waals surface area (Å²) < 4.78 is 35.0. The van der Waals surface area contributed by atoms with E-state index >= 15 is 0 Å². The van der Waals surface area contributed by atoms with Crippen molar-refractivity contribution in [3.63, 3.8) is 0 Å². The number of aryl methyl sites for hydroxylation is 1. The fourth-order valence-corrected chi connectivity index (χ4v) is 4.65.